The Balaban J connectivity index is 1.77. The highest BCUT2D eigenvalue weighted by Crippen LogP contribution is 2.40. The third kappa shape index (κ3) is 3.01. The minimum Gasteiger partial charge on any atom is -0.496 e. The minimum atomic E-state index is 0.0204. The fraction of sp³-hybridized carbons (Fsp3) is 0.235. The van der Waals surface area contributed by atoms with E-state index in [1.165, 1.54) is 10.5 Å². The van der Waals surface area contributed by atoms with Crippen molar-refractivity contribution in [1.29, 1.82) is 0 Å². The van der Waals surface area contributed by atoms with Gasteiger partial charge in [0.25, 0.3) is 0 Å². The summed E-state index contributed by atoms with van der Waals surface area (Å²) in [6.07, 6.45) is 0.460. The topological polar surface area (TPSA) is 26.3 Å². The molecule has 21 heavy (non-hydrogen) atoms. The smallest absolute Gasteiger partial charge is 0.145 e. The van der Waals surface area contributed by atoms with Gasteiger partial charge in [0.05, 0.1) is 17.5 Å². The molecule has 2 aromatic carbocycles. The van der Waals surface area contributed by atoms with E-state index in [4.69, 9.17) is 4.74 Å². The molecule has 4 heteroatoms. The summed E-state index contributed by atoms with van der Waals surface area (Å²) in [5.74, 6) is 1.94. The number of carbonyl (C=O) groups is 1. The molecule has 0 saturated carbocycles. The molecule has 1 unspecified atom stereocenters. The van der Waals surface area contributed by atoms with Gasteiger partial charge in [0.1, 0.15) is 11.5 Å². The summed E-state index contributed by atoms with van der Waals surface area (Å²) in [6, 6.07) is 14.0. The molecule has 2 aromatic rings. The van der Waals surface area contributed by atoms with Gasteiger partial charge in [-0.3, -0.25) is 4.79 Å². The van der Waals surface area contributed by atoms with Crippen molar-refractivity contribution in [2.24, 2.45) is 0 Å². The van der Waals surface area contributed by atoms with Crippen LogP contribution >= 0.6 is 27.7 Å². The van der Waals surface area contributed by atoms with Crippen LogP contribution in [-0.4, -0.2) is 18.6 Å². The van der Waals surface area contributed by atoms with Gasteiger partial charge in [-0.25, -0.2) is 0 Å². The number of rotatable bonds is 4. The Morgan fingerprint density at radius 3 is 2.90 bits per heavy atom. The monoisotopic (exact) mass is 362 g/mol. The number of Topliss-reactive ketones (excluding diaryl/α,β-unsaturated/α-hetero) is 1. The number of fused-ring (bicyclic) bond motifs is 1. The van der Waals surface area contributed by atoms with Crippen molar-refractivity contribution in [2.75, 3.05) is 12.9 Å². The van der Waals surface area contributed by atoms with Crippen molar-refractivity contribution >= 4 is 33.5 Å². The van der Waals surface area contributed by atoms with Crippen molar-refractivity contribution < 1.29 is 9.53 Å². The molecule has 1 aliphatic heterocycles. The second-order valence-electron chi connectivity index (χ2n) is 5.01. The molecule has 0 aliphatic carbocycles. The Kier molecular flexibility index (Phi) is 4.36. The fourth-order valence-electron chi connectivity index (χ4n) is 2.57. The van der Waals surface area contributed by atoms with Crippen molar-refractivity contribution in [3.63, 3.8) is 0 Å². The van der Waals surface area contributed by atoms with Crippen LogP contribution in [0.1, 0.15) is 17.0 Å². The Bertz CT molecular complexity index is 684. The number of benzene rings is 2. The lowest BCUT2D eigenvalue weighted by atomic mass is 9.93. The zero-order chi connectivity index (χ0) is 14.8. The molecule has 2 nitrogen and oxygen atoms in total. The molecule has 0 bridgehead atoms. The maximum absolute atomic E-state index is 12.6. The van der Waals surface area contributed by atoms with Gasteiger partial charge in [0.2, 0.25) is 0 Å². The van der Waals surface area contributed by atoms with Crippen molar-refractivity contribution in [2.45, 2.75) is 17.2 Å². The standard InChI is InChI=1S/C17H15BrO2S/c1-20-16-7-6-11(8-14(16)18)9-15(19)13-10-21-17-5-3-2-4-12(13)17/h2-8,13H,9-10H2,1H3. The van der Waals surface area contributed by atoms with Gasteiger partial charge < -0.3 is 4.74 Å². The molecular formula is C17H15BrO2S. The van der Waals surface area contributed by atoms with E-state index in [1.54, 1.807) is 18.9 Å². The summed E-state index contributed by atoms with van der Waals surface area (Å²) in [5.41, 5.74) is 2.20. The predicted molar refractivity (Wildman–Crippen MR) is 89.3 cm³/mol. The SMILES string of the molecule is COc1ccc(CC(=O)C2CSc3ccccc32)cc1Br. The van der Waals surface area contributed by atoms with Gasteiger partial charge in [-0.2, -0.15) is 0 Å². The van der Waals surface area contributed by atoms with E-state index in [0.717, 1.165) is 21.5 Å². The van der Waals surface area contributed by atoms with Crippen LogP contribution in [0.2, 0.25) is 0 Å². The molecule has 1 aliphatic rings. The number of carbonyl (C=O) groups excluding carboxylic acids is 1. The van der Waals surface area contributed by atoms with Crippen LogP contribution < -0.4 is 4.74 Å². The van der Waals surface area contributed by atoms with E-state index >= 15 is 0 Å². The third-order valence-electron chi connectivity index (χ3n) is 3.68. The van der Waals surface area contributed by atoms with Gasteiger partial charge in [-0.05, 0) is 45.3 Å². The van der Waals surface area contributed by atoms with Crippen molar-refractivity contribution in [3.8, 4) is 5.75 Å². The lowest BCUT2D eigenvalue weighted by Gasteiger charge is -2.11. The molecule has 0 fully saturated rings. The predicted octanol–water partition coefficient (Wildman–Crippen LogP) is 4.46. The van der Waals surface area contributed by atoms with E-state index in [-0.39, 0.29) is 11.7 Å². The zero-order valence-corrected chi connectivity index (χ0v) is 14.0. The Morgan fingerprint density at radius 1 is 1.33 bits per heavy atom. The Morgan fingerprint density at radius 2 is 2.14 bits per heavy atom. The van der Waals surface area contributed by atoms with Crippen LogP contribution in [0.25, 0.3) is 0 Å². The molecule has 0 saturated heterocycles. The normalized spacial score (nSPS) is 16.6. The molecule has 0 radical (unpaired) electrons. The lowest BCUT2D eigenvalue weighted by Crippen LogP contribution is -2.14. The average molecular weight is 363 g/mol. The number of hydrogen-bond donors (Lipinski definition) is 0. The maximum Gasteiger partial charge on any atom is 0.145 e. The van der Waals surface area contributed by atoms with Crippen LogP contribution in [0.3, 0.4) is 0 Å². The van der Waals surface area contributed by atoms with Crippen LogP contribution in [0, 0.1) is 0 Å². The number of ether oxygens (including phenoxy) is 1. The van der Waals surface area contributed by atoms with Crippen LogP contribution in [0.15, 0.2) is 51.8 Å². The van der Waals surface area contributed by atoms with Crippen molar-refractivity contribution in [3.05, 3.63) is 58.1 Å². The molecule has 1 atom stereocenters. The van der Waals surface area contributed by atoms with E-state index in [0.29, 0.717) is 6.42 Å². The lowest BCUT2D eigenvalue weighted by molar-refractivity contribution is -0.119. The molecule has 1 heterocycles. The highest BCUT2D eigenvalue weighted by Gasteiger charge is 2.28. The van der Waals surface area contributed by atoms with Gasteiger partial charge in [0.15, 0.2) is 0 Å². The summed E-state index contributed by atoms with van der Waals surface area (Å²) in [4.78, 5) is 13.8. The number of ketones is 1. The molecule has 108 valence electrons. The summed E-state index contributed by atoms with van der Waals surface area (Å²) < 4.78 is 6.10. The Labute approximate surface area is 137 Å². The first kappa shape index (κ1) is 14.7. The summed E-state index contributed by atoms with van der Waals surface area (Å²) in [7, 11) is 1.64. The molecule has 0 N–H and O–H groups in total. The number of halogens is 1. The van der Waals surface area contributed by atoms with Crippen LogP contribution in [0.5, 0.6) is 5.75 Å². The zero-order valence-electron chi connectivity index (χ0n) is 11.6. The highest BCUT2D eigenvalue weighted by atomic mass is 79.9. The first-order chi connectivity index (χ1) is 10.2. The molecule has 0 aromatic heterocycles. The Hall–Kier alpha value is -1.26. The highest BCUT2D eigenvalue weighted by molar-refractivity contribution is 9.10. The van der Waals surface area contributed by atoms with Crippen LogP contribution in [-0.2, 0) is 11.2 Å². The van der Waals surface area contributed by atoms with Gasteiger partial charge >= 0.3 is 0 Å². The molecule has 0 spiro atoms. The molecule has 3 rings (SSSR count). The van der Waals surface area contributed by atoms with Crippen molar-refractivity contribution in [1.82, 2.24) is 0 Å². The number of thioether (sulfide) groups is 1. The molecular weight excluding hydrogens is 348 g/mol. The van der Waals surface area contributed by atoms with Gasteiger partial charge in [-0.1, -0.05) is 24.3 Å². The van der Waals surface area contributed by atoms with E-state index in [9.17, 15) is 4.79 Å². The maximum atomic E-state index is 12.6. The second-order valence-corrected chi connectivity index (χ2v) is 6.93. The summed E-state index contributed by atoms with van der Waals surface area (Å²) in [6.45, 7) is 0. The number of hydrogen-bond acceptors (Lipinski definition) is 3. The largest absolute Gasteiger partial charge is 0.496 e. The second kappa shape index (κ2) is 6.24. The first-order valence-electron chi connectivity index (χ1n) is 6.76. The quantitative estimate of drug-likeness (QED) is 0.802. The summed E-state index contributed by atoms with van der Waals surface area (Å²) >= 11 is 5.24. The third-order valence-corrected chi connectivity index (χ3v) is 5.49. The molecule has 0 amide bonds. The summed E-state index contributed by atoms with van der Waals surface area (Å²) in [5, 5.41) is 0. The fourth-order valence-corrected chi connectivity index (χ4v) is 4.42. The van der Waals surface area contributed by atoms with Gasteiger partial charge in [-0.15, -0.1) is 11.8 Å². The van der Waals surface area contributed by atoms with E-state index in [2.05, 4.69) is 28.1 Å². The number of methoxy groups -OCH3 is 1. The van der Waals surface area contributed by atoms with E-state index in [1.807, 2.05) is 30.3 Å². The van der Waals surface area contributed by atoms with Crippen LogP contribution in [0.4, 0.5) is 0 Å². The van der Waals surface area contributed by atoms with Gasteiger partial charge in [0, 0.05) is 17.1 Å². The van der Waals surface area contributed by atoms with E-state index < -0.39 is 0 Å². The minimum absolute atomic E-state index is 0.0204. The average Bonchev–Trinajstić information content (AvgIpc) is 2.91. The first-order valence-corrected chi connectivity index (χ1v) is 8.53.